The number of carboxylic acid groups (broad SMARTS) is 1. The normalized spacial score (nSPS) is 24.7. The van der Waals surface area contributed by atoms with Gasteiger partial charge in [-0.05, 0) is 30.7 Å². The largest absolute Gasteiger partial charge is 0.481 e. The Bertz CT molecular complexity index is 433. The van der Waals surface area contributed by atoms with E-state index in [4.69, 9.17) is 10.8 Å². The molecule has 0 saturated heterocycles. The summed E-state index contributed by atoms with van der Waals surface area (Å²) >= 11 is 1.44. The summed E-state index contributed by atoms with van der Waals surface area (Å²) in [6, 6.07) is 2.95. The highest BCUT2D eigenvalue weighted by atomic mass is 32.1. The maximum atomic E-state index is 11.9. The van der Waals surface area contributed by atoms with Crippen molar-refractivity contribution in [3.63, 3.8) is 0 Å². The molecule has 1 saturated carbocycles. The van der Waals surface area contributed by atoms with Crippen molar-refractivity contribution in [1.82, 2.24) is 5.32 Å². The highest BCUT2D eigenvalue weighted by molar-refractivity contribution is 7.10. The average Bonchev–Trinajstić information content (AvgIpc) is 2.98. The molecular weight excluding hydrogens is 252 g/mol. The highest BCUT2D eigenvalue weighted by Crippen LogP contribution is 2.26. The molecule has 1 aromatic heterocycles. The van der Waals surface area contributed by atoms with E-state index in [1.54, 1.807) is 0 Å². The van der Waals surface area contributed by atoms with Crippen molar-refractivity contribution >= 4 is 23.2 Å². The van der Waals surface area contributed by atoms with Gasteiger partial charge in [-0.2, -0.15) is 0 Å². The third-order valence-corrected chi connectivity index (χ3v) is 4.22. The van der Waals surface area contributed by atoms with Crippen LogP contribution in [0.5, 0.6) is 0 Å². The van der Waals surface area contributed by atoms with E-state index in [0.29, 0.717) is 19.3 Å². The molecule has 5 nitrogen and oxygen atoms in total. The van der Waals surface area contributed by atoms with Gasteiger partial charge in [-0.15, -0.1) is 11.3 Å². The summed E-state index contributed by atoms with van der Waals surface area (Å²) in [4.78, 5) is 23.5. The van der Waals surface area contributed by atoms with Gasteiger partial charge < -0.3 is 16.2 Å². The Hall–Kier alpha value is -1.40. The number of carboxylic acids is 1. The monoisotopic (exact) mass is 268 g/mol. The Labute approximate surface area is 109 Å². The minimum absolute atomic E-state index is 0.0652. The van der Waals surface area contributed by atoms with Crippen LogP contribution in [-0.2, 0) is 9.59 Å². The fourth-order valence-electron chi connectivity index (χ4n) is 2.23. The highest BCUT2D eigenvalue weighted by Gasteiger charge is 2.31. The molecule has 1 unspecified atom stereocenters. The van der Waals surface area contributed by atoms with E-state index in [1.807, 2.05) is 17.5 Å². The summed E-state index contributed by atoms with van der Waals surface area (Å²) in [5, 5.41) is 13.6. The first-order valence-electron chi connectivity index (χ1n) is 5.90. The lowest BCUT2D eigenvalue weighted by Gasteiger charge is -2.15. The first-order valence-corrected chi connectivity index (χ1v) is 6.78. The van der Waals surface area contributed by atoms with E-state index in [0.717, 1.165) is 4.88 Å². The lowest BCUT2D eigenvalue weighted by atomic mass is 10.1. The van der Waals surface area contributed by atoms with Crippen LogP contribution >= 0.6 is 11.3 Å². The van der Waals surface area contributed by atoms with Crippen LogP contribution in [0.1, 0.15) is 30.2 Å². The third-order valence-electron chi connectivity index (χ3n) is 3.26. The molecule has 0 aliphatic heterocycles. The van der Waals surface area contributed by atoms with Gasteiger partial charge in [-0.1, -0.05) is 6.07 Å². The maximum Gasteiger partial charge on any atom is 0.306 e. The molecule has 18 heavy (non-hydrogen) atoms. The molecule has 1 aliphatic rings. The summed E-state index contributed by atoms with van der Waals surface area (Å²) in [5.41, 5.74) is 5.84. The Kier molecular flexibility index (Phi) is 3.98. The van der Waals surface area contributed by atoms with Crippen molar-refractivity contribution in [2.75, 3.05) is 0 Å². The molecule has 1 aliphatic carbocycles. The van der Waals surface area contributed by atoms with Crippen LogP contribution in [0.15, 0.2) is 17.5 Å². The Morgan fingerprint density at radius 3 is 2.83 bits per heavy atom. The SMILES string of the molecule is NC(C(=O)N[C@H]1CC[C@@H](C(=O)O)C1)c1cccs1. The zero-order valence-electron chi connectivity index (χ0n) is 9.83. The predicted molar refractivity (Wildman–Crippen MR) is 68.2 cm³/mol. The van der Waals surface area contributed by atoms with Gasteiger partial charge in [0.2, 0.25) is 5.91 Å². The van der Waals surface area contributed by atoms with Crippen molar-refractivity contribution in [2.24, 2.45) is 11.7 Å². The molecule has 0 spiro atoms. The topological polar surface area (TPSA) is 92.4 Å². The van der Waals surface area contributed by atoms with Gasteiger partial charge in [0.1, 0.15) is 6.04 Å². The van der Waals surface area contributed by atoms with E-state index < -0.39 is 12.0 Å². The molecule has 0 aromatic carbocycles. The Balaban J connectivity index is 1.87. The van der Waals surface area contributed by atoms with Crippen LogP contribution in [0.2, 0.25) is 0 Å². The Morgan fingerprint density at radius 1 is 1.50 bits per heavy atom. The van der Waals surface area contributed by atoms with Crippen LogP contribution in [-0.4, -0.2) is 23.0 Å². The number of hydrogen-bond donors (Lipinski definition) is 3. The van der Waals surface area contributed by atoms with Gasteiger partial charge in [-0.25, -0.2) is 0 Å². The van der Waals surface area contributed by atoms with E-state index in [2.05, 4.69) is 5.32 Å². The number of thiophene rings is 1. The molecule has 0 radical (unpaired) electrons. The lowest BCUT2D eigenvalue weighted by molar-refractivity contribution is -0.141. The van der Waals surface area contributed by atoms with Gasteiger partial charge in [0, 0.05) is 10.9 Å². The summed E-state index contributed by atoms with van der Waals surface area (Å²) in [5.74, 6) is -1.35. The molecule has 1 fully saturated rings. The maximum absolute atomic E-state index is 11.9. The fraction of sp³-hybridized carbons (Fsp3) is 0.500. The van der Waals surface area contributed by atoms with E-state index in [1.165, 1.54) is 11.3 Å². The number of hydrogen-bond acceptors (Lipinski definition) is 4. The molecule has 3 atom stereocenters. The molecule has 1 heterocycles. The Morgan fingerprint density at radius 2 is 2.28 bits per heavy atom. The zero-order valence-corrected chi connectivity index (χ0v) is 10.7. The van der Waals surface area contributed by atoms with Crippen LogP contribution in [0.25, 0.3) is 0 Å². The summed E-state index contributed by atoms with van der Waals surface area (Å²) < 4.78 is 0. The van der Waals surface area contributed by atoms with Crippen LogP contribution in [0.4, 0.5) is 0 Å². The van der Waals surface area contributed by atoms with Gasteiger partial charge in [-0.3, -0.25) is 9.59 Å². The number of nitrogens with two attached hydrogens (primary N) is 1. The number of carbonyl (C=O) groups excluding carboxylic acids is 1. The second kappa shape index (κ2) is 5.49. The molecule has 2 rings (SSSR count). The first-order chi connectivity index (χ1) is 8.58. The quantitative estimate of drug-likeness (QED) is 0.763. The van der Waals surface area contributed by atoms with E-state index in [-0.39, 0.29) is 17.9 Å². The second-order valence-electron chi connectivity index (χ2n) is 4.55. The molecule has 98 valence electrons. The summed E-state index contributed by atoms with van der Waals surface area (Å²) in [6.45, 7) is 0. The van der Waals surface area contributed by atoms with Crippen molar-refractivity contribution in [1.29, 1.82) is 0 Å². The number of aliphatic carboxylic acids is 1. The van der Waals surface area contributed by atoms with Gasteiger partial charge in [0.05, 0.1) is 5.92 Å². The van der Waals surface area contributed by atoms with Crippen molar-refractivity contribution in [2.45, 2.75) is 31.3 Å². The van der Waals surface area contributed by atoms with E-state index in [9.17, 15) is 9.59 Å². The van der Waals surface area contributed by atoms with Crippen LogP contribution in [0.3, 0.4) is 0 Å². The third kappa shape index (κ3) is 2.88. The standard InChI is InChI=1S/C12H16N2O3S/c13-10(9-2-1-5-18-9)11(15)14-8-4-3-7(6-8)12(16)17/h1-2,5,7-8,10H,3-4,6,13H2,(H,14,15)(H,16,17)/t7-,8+,10?/m1/s1. The van der Waals surface area contributed by atoms with Gasteiger partial charge >= 0.3 is 5.97 Å². The first kappa shape index (κ1) is 13.0. The number of amides is 1. The smallest absolute Gasteiger partial charge is 0.306 e. The minimum atomic E-state index is -0.783. The molecule has 4 N–H and O–H groups in total. The number of rotatable bonds is 4. The van der Waals surface area contributed by atoms with Crippen molar-refractivity contribution in [3.8, 4) is 0 Å². The van der Waals surface area contributed by atoms with E-state index >= 15 is 0 Å². The van der Waals surface area contributed by atoms with Gasteiger partial charge in [0.15, 0.2) is 0 Å². The molecule has 1 amide bonds. The summed E-state index contributed by atoms with van der Waals surface area (Å²) in [6.07, 6.45) is 1.83. The fourth-order valence-corrected chi connectivity index (χ4v) is 2.95. The zero-order chi connectivity index (χ0) is 13.1. The van der Waals surface area contributed by atoms with Crippen molar-refractivity contribution < 1.29 is 14.7 Å². The molecule has 0 bridgehead atoms. The average molecular weight is 268 g/mol. The van der Waals surface area contributed by atoms with Gasteiger partial charge in [0.25, 0.3) is 0 Å². The summed E-state index contributed by atoms with van der Waals surface area (Å²) in [7, 11) is 0. The lowest BCUT2D eigenvalue weighted by Crippen LogP contribution is -2.39. The molecular formula is C12H16N2O3S. The number of carbonyl (C=O) groups is 2. The van der Waals surface area contributed by atoms with Crippen LogP contribution in [0, 0.1) is 5.92 Å². The predicted octanol–water partition coefficient (Wildman–Crippen LogP) is 1.12. The van der Waals surface area contributed by atoms with Crippen molar-refractivity contribution in [3.05, 3.63) is 22.4 Å². The minimum Gasteiger partial charge on any atom is -0.481 e. The number of nitrogens with one attached hydrogen (secondary N) is 1. The molecule has 6 heteroatoms. The second-order valence-corrected chi connectivity index (χ2v) is 5.53. The molecule has 1 aromatic rings. The van der Waals surface area contributed by atoms with Crippen LogP contribution < -0.4 is 11.1 Å².